The fourth-order valence-corrected chi connectivity index (χ4v) is 11.7. The van der Waals surface area contributed by atoms with Crippen LogP contribution >= 0.6 is 0 Å². The molecule has 2 aliphatic carbocycles. The topological polar surface area (TPSA) is 12.5 Å². The van der Waals surface area contributed by atoms with Gasteiger partial charge in [0, 0.05) is 28.2 Å². The summed E-state index contributed by atoms with van der Waals surface area (Å²) in [7, 11) is 0. The summed E-state index contributed by atoms with van der Waals surface area (Å²) in [6.45, 7) is 0. The summed E-state index contributed by atoms with van der Waals surface area (Å²) in [5.41, 5.74) is 22.2. The molecule has 0 aromatic heterocycles. The van der Waals surface area contributed by atoms with Crippen molar-refractivity contribution in [3.05, 3.63) is 271 Å². The van der Waals surface area contributed by atoms with Crippen LogP contribution in [0, 0.1) is 0 Å². The summed E-state index contributed by atoms with van der Waals surface area (Å²) in [4.78, 5) is 2.44. The molecular weight excluding hydrogens is 811 g/mol. The molecule has 1 atom stereocenters. The van der Waals surface area contributed by atoms with E-state index in [1.165, 1.54) is 77.5 Å². The Bertz CT molecular complexity index is 3790. The minimum atomic E-state index is -0.594. The molecule has 312 valence electrons. The molecule has 0 amide bonds. The lowest BCUT2D eigenvalue weighted by Crippen LogP contribution is -2.29. The molecule has 0 N–H and O–H groups in total. The summed E-state index contributed by atoms with van der Waals surface area (Å²) in [6.07, 6.45) is 0. The van der Waals surface area contributed by atoms with E-state index >= 15 is 0 Å². The highest BCUT2D eigenvalue weighted by atomic mass is 16.5. The zero-order valence-corrected chi connectivity index (χ0v) is 36.5. The van der Waals surface area contributed by atoms with E-state index in [2.05, 4.69) is 248 Å². The molecule has 1 heterocycles. The van der Waals surface area contributed by atoms with E-state index < -0.39 is 5.41 Å². The molecule has 3 aliphatic rings. The molecule has 1 spiro atoms. The maximum absolute atomic E-state index is 6.65. The molecule has 2 nitrogen and oxygen atoms in total. The second kappa shape index (κ2) is 14.7. The van der Waals surface area contributed by atoms with E-state index in [0.29, 0.717) is 0 Å². The maximum atomic E-state index is 6.65. The van der Waals surface area contributed by atoms with Crippen LogP contribution in [0.15, 0.2) is 249 Å². The van der Waals surface area contributed by atoms with Gasteiger partial charge in [-0.3, -0.25) is 0 Å². The number of para-hydroxylation sites is 2. The molecule has 0 bridgehead atoms. The SMILES string of the molecule is c1ccc(-c2ccc(N(c3ccc4c(c3)-c3ccccc3Oc3ccccc3-4)c3ccc4c(c3)-c3ccccc3-c3ccccc3C43c4ccccc4-c4c3ccc3ccccc43)cc2)cc1. The van der Waals surface area contributed by atoms with Crippen molar-refractivity contribution in [2.75, 3.05) is 4.90 Å². The second-order valence-corrected chi connectivity index (χ2v) is 17.9. The van der Waals surface area contributed by atoms with Crippen molar-refractivity contribution < 1.29 is 4.74 Å². The van der Waals surface area contributed by atoms with Gasteiger partial charge in [0.05, 0.1) is 5.41 Å². The Morgan fingerprint density at radius 2 is 0.761 bits per heavy atom. The summed E-state index contributed by atoms with van der Waals surface area (Å²) >= 11 is 0. The highest BCUT2D eigenvalue weighted by molar-refractivity contribution is 6.06. The van der Waals surface area contributed by atoms with Crippen molar-refractivity contribution in [1.29, 1.82) is 0 Å². The molecule has 2 heteroatoms. The van der Waals surface area contributed by atoms with Crippen LogP contribution in [0.4, 0.5) is 17.1 Å². The van der Waals surface area contributed by atoms with Crippen molar-refractivity contribution >= 4 is 27.8 Å². The van der Waals surface area contributed by atoms with Crippen LogP contribution in [0.5, 0.6) is 11.5 Å². The molecule has 0 fully saturated rings. The van der Waals surface area contributed by atoms with Crippen LogP contribution in [0.25, 0.3) is 77.5 Å². The Labute approximate surface area is 390 Å². The lowest BCUT2D eigenvalue weighted by molar-refractivity contribution is 0.488. The first-order valence-electron chi connectivity index (χ1n) is 23.2. The molecule has 11 aromatic rings. The lowest BCUT2D eigenvalue weighted by Gasteiger charge is -2.36. The van der Waals surface area contributed by atoms with E-state index in [4.69, 9.17) is 4.74 Å². The molecule has 11 aromatic carbocycles. The fraction of sp³-hybridized carbons (Fsp3) is 0.0154. The summed E-state index contributed by atoms with van der Waals surface area (Å²) in [5.74, 6) is 1.71. The predicted octanol–water partition coefficient (Wildman–Crippen LogP) is 17.4. The fourth-order valence-electron chi connectivity index (χ4n) is 11.7. The van der Waals surface area contributed by atoms with Gasteiger partial charge in [-0.15, -0.1) is 0 Å². The quantitative estimate of drug-likeness (QED) is 0.175. The molecule has 0 radical (unpaired) electrons. The van der Waals surface area contributed by atoms with Crippen molar-refractivity contribution in [3.63, 3.8) is 0 Å². The number of anilines is 3. The van der Waals surface area contributed by atoms with E-state index in [9.17, 15) is 0 Å². The third kappa shape index (κ3) is 5.51. The molecule has 1 aliphatic heterocycles. The number of hydrogen-bond donors (Lipinski definition) is 0. The average Bonchev–Trinajstić information content (AvgIpc) is 3.55. The average molecular weight is 852 g/mol. The minimum absolute atomic E-state index is 0.594. The molecule has 0 saturated heterocycles. The van der Waals surface area contributed by atoms with Gasteiger partial charge >= 0.3 is 0 Å². The molecule has 14 rings (SSSR count). The molecule has 0 saturated carbocycles. The largest absolute Gasteiger partial charge is 0.456 e. The van der Waals surface area contributed by atoms with Crippen molar-refractivity contribution in [3.8, 4) is 78.3 Å². The summed E-state index contributed by atoms with van der Waals surface area (Å²) in [6, 6.07) is 91.6. The van der Waals surface area contributed by atoms with E-state index in [-0.39, 0.29) is 0 Å². The first-order chi connectivity index (χ1) is 33.2. The van der Waals surface area contributed by atoms with Crippen LogP contribution in [-0.4, -0.2) is 0 Å². The normalized spacial score (nSPS) is 14.4. The van der Waals surface area contributed by atoms with Gasteiger partial charge in [0.25, 0.3) is 0 Å². The first kappa shape index (κ1) is 37.6. The highest BCUT2D eigenvalue weighted by Gasteiger charge is 2.50. The number of fused-ring (bicyclic) bond motifs is 19. The zero-order chi connectivity index (χ0) is 44.1. The number of ether oxygens (including phenoxy) is 1. The van der Waals surface area contributed by atoms with Gasteiger partial charge < -0.3 is 9.64 Å². The Hall–Kier alpha value is -8.72. The molecular formula is C65H41NO. The third-order valence-electron chi connectivity index (χ3n) is 14.5. The highest BCUT2D eigenvalue weighted by Crippen LogP contribution is 2.63. The number of rotatable bonds is 4. The van der Waals surface area contributed by atoms with Gasteiger partial charge in [-0.25, -0.2) is 0 Å². The maximum Gasteiger partial charge on any atom is 0.135 e. The first-order valence-corrected chi connectivity index (χ1v) is 23.2. The van der Waals surface area contributed by atoms with Crippen LogP contribution in [-0.2, 0) is 5.41 Å². The zero-order valence-electron chi connectivity index (χ0n) is 36.5. The van der Waals surface area contributed by atoms with Gasteiger partial charge in [-0.1, -0.05) is 200 Å². The molecule has 67 heavy (non-hydrogen) atoms. The summed E-state index contributed by atoms with van der Waals surface area (Å²) in [5, 5.41) is 2.53. The summed E-state index contributed by atoms with van der Waals surface area (Å²) < 4.78 is 6.65. The van der Waals surface area contributed by atoms with Crippen LogP contribution < -0.4 is 9.64 Å². The van der Waals surface area contributed by atoms with Crippen LogP contribution in [0.2, 0.25) is 0 Å². The van der Waals surface area contributed by atoms with Crippen molar-refractivity contribution in [2.45, 2.75) is 5.41 Å². The van der Waals surface area contributed by atoms with Gasteiger partial charge in [-0.05, 0) is 137 Å². The third-order valence-corrected chi connectivity index (χ3v) is 14.5. The monoisotopic (exact) mass is 851 g/mol. The number of nitrogens with zero attached hydrogens (tertiary/aromatic N) is 1. The van der Waals surface area contributed by atoms with Gasteiger partial charge in [0.1, 0.15) is 11.5 Å². The molecule has 1 unspecified atom stereocenters. The van der Waals surface area contributed by atoms with E-state index in [1.807, 2.05) is 6.07 Å². The number of hydrogen-bond acceptors (Lipinski definition) is 2. The Kier molecular flexibility index (Phi) is 8.23. The predicted molar refractivity (Wildman–Crippen MR) is 277 cm³/mol. The van der Waals surface area contributed by atoms with E-state index in [0.717, 1.165) is 50.8 Å². The number of benzene rings is 11. The standard InChI is InChI=1S/C65H41NO/c1-2-16-42(17-3-1)43-30-33-45(34-31-43)66(46-35-37-51-53-23-10-14-28-62(53)67-63-29-15-11-24-54(63)56(51)40-46)47-36-39-60-57(41-47)50-21-7-6-20-49(50)52-22-8-12-26-58(52)65(60)59-27-13-9-25-55(59)64-48-19-5-4-18-44(48)32-38-61(64)65/h1-41H. The van der Waals surface area contributed by atoms with Crippen LogP contribution in [0.3, 0.4) is 0 Å². The minimum Gasteiger partial charge on any atom is -0.456 e. The van der Waals surface area contributed by atoms with Crippen molar-refractivity contribution in [2.24, 2.45) is 0 Å². The smallest absolute Gasteiger partial charge is 0.135 e. The Morgan fingerprint density at radius 3 is 1.51 bits per heavy atom. The van der Waals surface area contributed by atoms with E-state index in [1.54, 1.807) is 0 Å². The van der Waals surface area contributed by atoms with Crippen molar-refractivity contribution in [1.82, 2.24) is 0 Å². The Morgan fingerprint density at radius 1 is 0.284 bits per heavy atom. The Balaban J connectivity index is 1.05. The lowest BCUT2D eigenvalue weighted by atomic mass is 9.65. The van der Waals surface area contributed by atoms with Gasteiger partial charge in [0.2, 0.25) is 0 Å². The second-order valence-electron chi connectivity index (χ2n) is 17.9. The van der Waals surface area contributed by atoms with Gasteiger partial charge in [0.15, 0.2) is 0 Å². The van der Waals surface area contributed by atoms with Gasteiger partial charge in [-0.2, -0.15) is 0 Å². The van der Waals surface area contributed by atoms with Crippen LogP contribution in [0.1, 0.15) is 22.3 Å².